The summed E-state index contributed by atoms with van der Waals surface area (Å²) in [6.07, 6.45) is 2.49. The van der Waals surface area contributed by atoms with Gasteiger partial charge in [-0.25, -0.2) is 0 Å². The number of carbonyl (C=O) groups is 1. The monoisotopic (exact) mass is 2880 g/mol. The number of hydrogen-bond acceptors (Lipinski definition) is 11. The molecule has 10 aromatic carbocycles. The van der Waals surface area contributed by atoms with Crippen LogP contribution in [0.4, 0.5) is 43.9 Å². The zero-order valence-electron chi connectivity index (χ0n) is 79.8. The Labute approximate surface area is 929 Å². The van der Waals surface area contributed by atoms with Crippen LogP contribution in [-0.4, -0.2) is 55.6 Å². The maximum Gasteiger partial charge on any atom is 2.00 e. The van der Waals surface area contributed by atoms with E-state index < -0.39 is 74.8 Å². The molecular weight excluding hydrogens is 2800 g/mol. The quantitative estimate of drug-likeness (QED) is 0.0408. The third kappa shape index (κ3) is 27.8. The molecule has 0 aliphatic heterocycles. The summed E-state index contributed by atoms with van der Waals surface area (Å²) < 4.78 is 137. The van der Waals surface area contributed by atoms with Crippen LogP contribution >= 0.6 is 0 Å². The maximum atomic E-state index is 14.6. The molecule has 0 saturated heterocycles. The predicted molar refractivity (Wildman–Crippen MR) is 535 cm³/mol. The Balaban J connectivity index is 0.000000164. The second kappa shape index (κ2) is 51.8. The summed E-state index contributed by atoms with van der Waals surface area (Å²) in [5.41, 5.74) is 18.5. The van der Waals surface area contributed by atoms with E-state index in [-0.39, 0.29) is 150 Å². The molecule has 20 aromatic rings. The Morgan fingerprint density at radius 3 is 1.06 bits per heavy atom. The fourth-order valence-electron chi connectivity index (χ4n) is 16.3. The summed E-state index contributed by atoms with van der Waals surface area (Å²) in [6.45, 7) is 11.6. The SMILES string of the molecule is CC(C)(c1ccc2c(n1)-c1nc(-c3[c-]cccc3)ccc1C2(C)C)c1[c-]cc(F)cc1F.CC(C)(c1cccc(-c2cccc(-c3[c-]cc(F)cc3F)n2)n1)c1[c-]cc(F)cc1F.Fc1c[c-]c(-c2cccc(-c3cccc(Cc4[c-]cccc4)n3)n2)c(F)c1.O=C(c1cccc(-c2cccc(-c3[c-]cccc3)n2)n1)c1[c-]cc(F)cc1F.[Pt+2].[Pt+2].[Pt+2].[Pt+2].[Pt+2].[c-]1ccccc1CCc1cccc(-c2cccc(-c3[c-]cccc3)n2)n1. The normalized spacial score (nSPS) is 11.2. The van der Waals surface area contributed by atoms with Crippen molar-refractivity contribution in [2.75, 3.05) is 0 Å². The van der Waals surface area contributed by atoms with Crippen molar-refractivity contribution < 1.29 is 154 Å². The Morgan fingerprint density at radius 1 is 0.275 bits per heavy atom. The van der Waals surface area contributed by atoms with Crippen LogP contribution in [0, 0.1) is 119 Å². The molecule has 0 radical (unpaired) electrons. The minimum Gasteiger partial charge on any atom is -0.345 e. The van der Waals surface area contributed by atoms with Gasteiger partial charge in [0.05, 0.1) is 62.6 Å². The summed E-state index contributed by atoms with van der Waals surface area (Å²) in [5, 5.41) is 0. The number of benzene rings is 10. The molecule has 0 atom stereocenters. The number of aryl methyl sites for hydroxylation is 2. The van der Waals surface area contributed by atoms with Gasteiger partial charge in [0.1, 0.15) is 5.78 Å². The fraction of sp³-hybridized carbons (Fsp3) is 0.0976. The molecule has 21 rings (SSSR count). The number of halogens is 10. The molecular formula is C123H82F10N10OPt5. The van der Waals surface area contributed by atoms with E-state index in [2.05, 4.69) is 135 Å². The average molecular weight is 2880 g/mol. The van der Waals surface area contributed by atoms with Gasteiger partial charge in [-0.05, 0) is 138 Å². The first-order valence-corrected chi connectivity index (χ1v) is 45.7. The van der Waals surface area contributed by atoms with Gasteiger partial charge in [-0.1, -0.05) is 167 Å². The van der Waals surface area contributed by atoms with Crippen molar-refractivity contribution >= 4 is 5.78 Å². The third-order valence-corrected chi connectivity index (χ3v) is 23.8. The first-order chi connectivity index (χ1) is 69.6. The van der Waals surface area contributed by atoms with Gasteiger partial charge < -0.3 is 4.79 Å². The van der Waals surface area contributed by atoms with E-state index in [0.29, 0.717) is 63.7 Å². The van der Waals surface area contributed by atoms with E-state index in [4.69, 9.17) is 19.9 Å². The van der Waals surface area contributed by atoms with Crippen LogP contribution in [0.25, 0.3) is 113 Å². The molecule has 1 aliphatic carbocycles. The maximum absolute atomic E-state index is 14.6. The van der Waals surface area contributed by atoms with Crippen LogP contribution in [-0.2, 0) is 141 Å². The number of nitrogens with zero attached hydrogens (tertiary/aromatic N) is 10. The van der Waals surface area contributed by atoms with Crippen molar-refractivity contribution in [2.24, 2.45) is 0 Å². The molecule has 10 aromatic heterocycles. The fourth-order valence-corrected chi connectivity index (χ4v) is 16.3. The second-order valence-corrected chi connectivity index (χ2v) is 34.9. The van der Waals surface area contributed by atoms with Gasteiger partial charge in [0.25, 0.3) is 0 Å². The van der Waals surface area contributed by atoms with Gasteiger partial charge in [-0.3, -0.25) is 93.7 Å². The molecule has 0 saturated carbocycles. The molecule has 0 fully saturated rings. The van der Waals surface area contributed by atoms with E-state index in [1.54, 1.807) is 86.6 Å². The van der Waals surface area contributed by atoms with Crippen LogP contribution in [0.1, 0.15) is 114 Å². The van der Waals surface area contributed by atoms with E-state index in [1.165, 1.54) is 11.6 Å². The van der Waals surface area contributed by atoms with Crippen LogP contribution in [0.15, 0.2) is 352 Å². The van der Waals surface area contributed by atoms with Crippen molar-refractivity contribution in [3.63, 3.8) is 0 Å². The first kappa shape index (κ1) is 114. The predicted octanol–water partition coefficient (Wildman–Crippen LogP) is 28.3. The third-order valence-electron chi connectivity index (χ3n) is 23.8. The molecule has 0 spiro atoms. The van der Waals surface area contributed by atoms with Crippen molar-refractivity contribution in [2.45, 2.75) is 77.0 Å². The van der Waals surface area contributed by atoms with Gasteiger partial charge in [0, 0.05) is 97.2 Å². The molecule has 0 bridgehead atoms. The molecule has 0 unspecified atom stereocenters. The average Bonchev–Trinajstić information content (AvgIpc) is 1.56. The minimum atomic E-state index is -0.975. The number of pyridine rings is 10. The molecule has 0 amide bonds. The number of aromatic nitrogens is 10. The first-order valence-electron chi connectivity index (χ1n) is 45.7. The molecule has 26 heteroatoms. The van der Waals surface area contributed by atoms with Crippen molar-refractivity contribution in [1.82, 2.24) is 49.8 Å². The van der Waals surface area contributed by atoms with Crippen LogP contribution < -0.4 is 0 Å². The molecule has 149 heavy (non-hydrogen) atoms. The largest absolute Gasteiger partial charge is 2.00 e. The minimum absolute atomic E-state index is 0. The number of hydrogen-bond donors (Lipinski definition) is 0. The van der Waals surface area contributed by atoms with Crippen LogP contribution in [0.3, 0.4) is 0 Å². The summed E-state index contributed by atoms with van der Waals surface area (Å²) >= 11 is 0. The molecule has 1 aliphatic rings. The Bertz CT molecular complexity index is 8030. The van der Waals surface area contributed by atoms with Gasteiger partial charge in [-0.2, -0.15) is 83.9 Å². The number of rotatable bonds is 20. The zero-order valence-corrected chi connectivity index (χ0v) is 91.2. The molecule has 0 N–H and O–H groups in total. The Morgan fingerprint density at radius 2 is 0.617 bits per heavy atom. The second-order valence-electron chi connectivity index (χ2n) is 34.9. The van der Waals surface area contributed by atoms with Crippen LogP contribution in [0.2, 0.25) is 0 Å². The van der Waals surface area contributed by atoms with Crippen LogP contribution in [0.5, 0.6) is 0 Å². The topological polar surface area (TPSA) is 146 Å². The number of ketones is 1. The molecule has 750 valence electrons. The summed E-state index contributed by atoms with van der Waals surface area (Å²) in [5.74, 6) is -7.98. The number of fused-ring (bicyclic) bond motifs is 3. The molecule has 10 heterocycles. The van der Waals surface area contributed by atoms with Gasteiger partial charge in [0.2, 0.25) is 0 Å². The van der Waals surface area contributed by atoms with E-state index in [0.717, 1.165) is 152 Å². The summed E-state index contributed by atoms with van der Waals surface area (Å²) in [6, 6.07) is 129. The standard InChI is InChI=1S/C28H22F2N2.C25H16F4N2.C24H18N2.C23H12F2N2O.C23H14F2N2.5Pt/c1-27(2)20-12-14-23(17-8-6-5-7-9-17)31-25(20)26-21(27)13-15-24(32-26)28(3,4)19-11-10-18(29)16-22(19)30;1-25(2,18-12-10-16(27)14-20(18)29)24-8-4-7-23(31-24)22-6-3-5-21(30-22)17-11-9-15(26)13-19(17)28;1-3-9-19(10-4-1)17-18-21-13-7-15-23(25-21)24-16-8-14-22(26-24)20-11-5-2-6-12-20;24-16-12-13-17(18(25)14-16)23(28)22-11-5-10-21(27-22)20-9-4-8-19(26-20)15-6-2-1-3-7-15;24-17-12-13-19(20(25)15-17)21-9-5-11-23(27-21)22-10-4-8-18(26-22)14-16-6-2-1-3-7-16;;;;;/h5-8,10,12-16H,1-4H3;3-10,13-14H,1-2H3;1-9,11,13-16H,17-18H2;1-6,8-12,14H;1-6,8-12,15H,14H2;;;;;/q5*-2;5*+2. The van der Waals surface area contributed by atoms with E-state index >= 15 is 0 Å². The summed E-state index contributed by atoms with van der Waals surface area (Å²) in [4.78, 5) is 59.2. The van der Waals surface area contributed by atoms with Gasteiger partial charge in [-0.15, -0.1) is 179 Å². The number of carbonyl (C=O) groups excluding carboxylic acids is 1. The Kier molecular flexibility index (Phi) is 39.6. The van der Waals surface area contributed by atoms with E-state index in [9.17, 15) is 48.7 Å². The zero-order chi connectivity index (χ0) is 101. The van der Waals surface area contributed by atoms with Gasteiger partial charge >= 0.3 is 105 Å². The van der Waals surface area contributed by atoms with E-state index in [1.807, 2.05) is 196 Å². The molecule has 11 nitrogen and oxygen atoms in total. The smallest absolute Gasteiger partial charge is 0.345 e. The van der Waals surface area contributed by atoms with Crippen molar-refractivity contribution in [3.05, 3.63) is 538 Å². The van der Waals surface area contributed by atoms with Gasteiger partial charge in [0.15, 0.2) is 0 Å². The summed E-state index contributed by atoms with van der Waals surface area (Å²) in [7, 11) is 0. The Hall–Kier alpha value is -13.9. The van der Waals surface area contributed by atoms with Crippen molar-refractivity contribution in [3.8, 4) is 113 Å². The van der Waals surface area contributed by atoms with Crippen molar-refractivity contribution in [1.29, 1.82) is 0 Å².